The van der Waals surface area contributed by atoms with Crippen molar-refractivity contribution in [3.8, 4) is 55.9 Å². The molecule has 0 fully saturated rings. The fourth-order valence-corrected chi connectivity index (χ4v) is 8.43. The Hall–Kier alpha value is -7.10. The van der Waals surface area contributed by atoms with Crippen LogP contribution in [-0.2, 0) is 6.42 Å². The molecule has 0 saturated carbocycles. The van der Waals surface area contributed by atoms with E-state index < -0.39 is 0 Å². The third kappa shape index (κ3) is 7.01. The van der Waals surface area contributed by atoms with E-state index in [9.17, 15) is 0 Å². The van der Waals surface area contributed by atoms with Crippen LogP contribution < -0.4 is 0 Å². The number of pyridine rings is 1. The van der Waals surface area contributed by atoms with Crippen LogP contribution in [0.4, 0.5) is 5.69 Å². The van der Waals surface area contributed by atoms with E-state index in [0.717, 1.165) is 53.1 Å². The van der Waals surface area contributed by atoms with Crippen molar-refractivity contribution in [3.05, 3.63) is 223 Å². The van der Waals surface area contributed by atoms with Crippen LogP contribution in [0.15, 0.2) is 211 Å². The predicted molar refractivity (Wildman–Crippen MR) is 237 cm³/mol. The second kappa shape index (κ2) is 15.2. The van der Waals surface area contributed by atoms with Crippen molar-refractivity contribution >= 4 is 17.0 Å². The van der Waals surface area contributed by atoms with Gasteiger partial charge in [0.05, 0.1) is 17.1 Å². The van der Waals surface area contributed by atoms with Crippen LogP contribution in [0.25, 0.3) is 61.5 Å². The normalized spacial score (nSPS) is 13.6. The lowest BCUT2D eigenvalue weighted by molar-refractivity contribution is 0.640. The van der Waals surface area contributed by atoms with Crippen LogP contribution in [0, 0.1) is 0 Å². The molecule has 0 N–H and O–H groups in total. The zero-order valence-corrected chi connectivity index (χ0v) is 31.7. The highest BCUT2D eigenvalue weighted by molar-refractivity contribution is 6.03. The molecule has 7 aromatic carbocycles. The number of hydrogen-bond acceptors (Lipinski definition) is 2. The Kier molecular flexibility index (Phi) is 9.18. The van der Waals surface area contributed by atoms with Crippen molar-refractivity contribution in [3.63, 3.8) is 0 Å². The minimum Gasteiger partial charge on any atom is -0.299 e. The Morgan fingerprint density at radius 1 is 0.456 bits per heavy atom. The third-order valence-corrected chi connectivity index (χ3v) is 11.3. The maximum absolute atomic E-state index is 5.11. The van der Waals surface area contributed by atoms with Crippen LogP contribution in [0.3, 0.4) is 0 Å². The summed E-state index contributed by atoms with van der Waals surface area (Å²) in [6.45, 7) is 0. The molecule has 3 heteroatoms. The number of aromatic nitrogens is 2. The zero-order valence-electron chi connectivity index (χ0n) is 31.7. The first kappa shape index (κ1) is 34.4. The lowest BCUT2D eigenvalue weighted by atomic mass is 9.83. The molecule has 0 radical (unpaired) electrons. The Labute approximate surface area is 334 Å². The molecule has 3 heterocycles. The topological polar surface area (TPSA) is 29.7 Å². The Bertz CT molecular complexity index is 2850. The standard InChI is InChI=1S/C54H41N3/c1-4-16-39(17-5-1)46-34-47(40-28-30-42(31-29-40)53-54(43-20-8-3-9-21-43)57-32-13-12-25-52(57)56-53)36-48(35-46)44-22-14-15-38(33-44)26-27-45-37-51(41-18-6-2-7-19-41)55-50-24-11-10-23-49(45)50/h1-25,28-36,45H,26-27,37H2. The van der Waals surface area contributed by atoms with E-state index in [1.165, 1.54) is 55.8 Å². The first-order valence-corrected chi connectivity index (χ1v) is 19.9. The Balaban J connectivity index is 0.969. The molecule has 1 aliphatic heterocycles. The highest BCUT2D eigenvalue weighted by atomic mass is 15.0. The fraction of sp³-hybridized carbons (Fsp3) is 0.0741. The van der Waals surface area contributed by atoms with E-state index in [2.05, 4.69) is 205 Å². The average molecular weight is 732 g/mol. The fourth-order valence-electron chi connectivity index (χ4n) is 8.43. The summed E-state index contributed by atoms with van der Waals surface area (Å²) in [7, 11) is 0. The van der Waals surface area contributed by atoms with E-state index in [1.54, 1.807) is 0 Å². The maximum Gasteiger partial charge on any atom is 0.137 e. The molecule has 0 bridgehead atoms. The minimum absolute atomic E-state index is 0.415. The highest BCUT2D eigenvalue weighted by Gasteiger charge is 2.23. The van der Waals surface area contributed by atoms with Gasteiger partial charge in [-0.1, -0.05) is 164 Å². The van der Waals surface area contributed by atoms with E-state index in [4.69, 9.17) is 9.98 Å². The van der Waals surface area contributed by atoms with Gasteiger partial charge in [-0.3, -0.25) is 9.39 Å². The van der Waals surface area contributed by atoms with Gasteiger partial charge in [0.2, 0.25) is 0 Å². The van der Waals surface area contributed by atoms with Crippen LogP contribution in [0.1, 0.15) is 35.4 Å². The van der Waals surface area contributed by atoms with Crippen LogP contribution in [0.5, 0.6) is 0 Å². The van der Waals surface area contributed by atoms with Gasteiger partial charge in [-0.05, 0) is 112 Å². The molecule has 272 valence electrons. The monoisotopic (exact) mass is 731 g/mol. The average Bonchev–Trinajstić information content (AvgIpc) is 3.69. The third-order valence-electron chi connectivity index (χ3n) is 11.3. The molecule has 1 unspecified atom stereocenters. The summed E-state index contributed by atoms with van der Waals surface area (Å²) in [5, 5.41) is 0. The van der Waals surface area contributed by atoms with E-state index in [0.29, 0.717) is 5.92 Å². The van der Waals surface area contributed by atoms with Gasteiger partial charge in [-0.25, -0.2) is 4.98 Å². The van der Waals surface area contributed by atoms with Gasteiger partial charge in [0, 0.05) is 23.0 Å². The zero-order chi connectivity index (χ0) is 38.0. The van der Waals surface area contributed by atoms with Gasteiger partial charge in [-0.2, -0.15) is 0 Å². The van der Waals surface area contributed by atoms with Crippen LogP contribution in [0.2, 0.25) is 0 Å². The van der Waals surface area contributed by atoms with Gasteiger partial charge >= 0.3 is 0 Å². The molecule has 2 aromatic heterocycles. The molecule has 1 aliphatic rings. The Morgan fingerprint density at radius 2 is 1.04 bits per heavy atom. The lowest BCUT2D eigenvalue weighted by Gasteiger charge is -2.25. The number of aryl methyl sites for hydroxylation is 1. The molecule has 3 nitrogen and oxygen atoms in total. The summed E-state index contributed by atoms with van der Waals surface area (Å²) >= 11 is 0. The van der Waals surface area contributed by atoms with Gasteiger partial charge in [-0.15, -0.1) is 0 Å². The van der Waals surface area contributed by atoms with Crippen molar-refractivity contribution in [1.29, 1.82) is 0 Å². The second-order valence-corrected chi connectivity index (χ2v) is 15.0. The number of fused-ring (bicyclic) bond motifs is 2. The van der Waals surface area contributed by atoms with Gasteiger partial charge < -0.3 is 0 Å². The van der Waals surface area contributed by atoms with E-state index in [-0.39, 0.29) is 0 Å². The molecular weight excluding hydrogens is 691 g/mol. The molecule has 0 aliphatic carbocycles. The Morgan fingerprint density at radius 3 is 1.77 bits per heavy atom. The summed E-state index contributed by atoms with van der Waals surface area (Å²) in [5.41, 5.74) is 18.7. The van der Waals surface area contributed by atoms with Crippen LogP contribution >= 0.6 is 0 Å². The number of hydrogen-bond donors (Lipinski definition) is 0. The van der Waals surface area contributed by atoms with Crippen molar-refractivity contribution in [2.75, 3.05) is 0 Å². The second-order valence-electron chi connectivity index (χ2n) is 15.0. The summed E-state index contributed by atoms with van der Waals surface area (Å²) < 4.78 is 2.19. The summed E-state index contributed by atoms with van der Waals surface area (Å²) in [6, 6.07) is 71.9. The number of para-hydroxylation sites is 1. The molecule has 10 rings (SSSR count). The number of nitrogens with zero attached hydrogens (tertiary/aromatic N) is 3. The van der Waals surface area contributed by atoms with Crippen molar-refractivity contribution in [2.24, 2.45) is 4.99 Å². The molecule has 0 saturated heterocycles. The number of benzene rings is 7. The van der Waals surface area contributed by atoms with E-state index in [1.807, 2.05) is 6.07 Å². The summed E-state index contributed by atoms with van der Waals surface area (Å²) in [5.74, 6) is 0.415. The number of imidazole rings is 1. The minimum atomic E-state index is 0.415. The summed E-state index contributed by atoms with van der Waals surface area (Å²) in [6.07, 6.45) is 5.11. The molecule has 0 spiro atoms. The van der Waals surface area contributed by atoms with Gasteiger partial charge in [0.25, 0.3) is 0 Å². The number of aliphatic imine (C=N–C) groups is 1. The maximum atomic E-state index is 5.11. The molecule has 0 amide bonds. The van der Waals surface area contributed by atoms with Crippen molar-refractivity contribution in [1.82, 2.24) is 9.38 Å². The largest absolute Gasteiger partial charge is 0.299 e. The quantitative estimate of drug-likeness (QED) is 0.145. The molecule has 1 atom stereocenters. The van der Waals surface area contributed by atoms with E-state index >= 15 is 0 Å². The van der Waals surface area contributed by atoms with Crippen molar-refractivity contribution < 1.29 is 0 Å². The molecule has 57 heavy (non-hydrogen) atoms. The predicted octanol–water partition coefficient (Wildman–Crippen LogP) is 13.9. The van der Waals surface area contributed by atoms with Gasteiger partial charge in [0.1, 0.15) is 5.65 Å². The van der Waals surface area contributed by atoms with Crippen molar-refractivity contribution in [2.45, 2.75) is 25.2 Å². The number of rotatable bonds is 9. The highest BCUT2D eigenvalue weighted by Crippen LogP contribution is 2.40. The van der Waals surface area contributed by atoms with Gasteiger partial charge in [0.15, 0.2) is 0 Å². The lowest BCUT2D eigenvalue weighted by Crippen LogP contribution is -2.14. The first-order valence-electron chi connectivity index (χ1n) is 19.9. The molecular formula is C54H41N3. The SMILES string of the molecule is c1ccc(C2=Nc3ccccc3C(CCc3cccc(-c4cc(-c5ccccc5)cc(-c5ccc(-c6nc7ccccn7c6-c6ccccc6)cc5)c4)c3)C2)cc1. The molecule has 9 aromatic rings. The first-order chi connectivity index (χ1) is 28.2. The smallest absolute Gasteiger partial charge is 0.137 e. The summed E-state index contributed by atoms with van der Waals surface area (Å²) in [4.78, 5) is 10.2. The van der Waals surface area contributed by atoms with Crippen LogP contribution in [-0.4, -0.2) is 15.1 Å².